The Morgan fingerprint density at radius 3 is 2.58 bits per heavy atom. The highest BCUT2D eigenvalue weighted by atomic mass is 79.9. The van der Waals surface area contributed by atoms with Crippen LogP contribution >= 0.6 is 27.3 Å². The fourth-order valence-corrected chi connectivity index (χ4v) is 4.05. The Labute approximate surface area is 127 Å². The number of hydrogen-bond donors (Lipinski definition) is 0. The molecule has 5 heteroatoms. The van der Waals surface area contributed by atoms with Crippen molar-refractivity contribution in [3.05, 3.63) is 15.6 Å². The number of amides is 1. The number of hydrogen-bond acceptors (Lipinski definition) is 3. The Balaban J connectivity index is 2.17. The van der Waals surface area contributed by atoms with Crippen LogP contribution in [0.5, 0.6) is 0 Å². The minimum absolute atomic E-state index is 0.175. The van der Waals surface area contributed by atoms with Gasteiger partial charge in [0.1, 0.15) is 4.88 Å². The van der Waals surface area contributed by atoms with Crippen molar-refractivity contribution < 1.29 is 4.79 Å². The second-order valence-electron chi connectivity index (χ2n) is 5.13. The summed E-state index contributed by atoms with van der Waals surface area (Å²) in [6.45, 7) is 4.69. The van der Waals surface area contributed by atoms with E-state index in [1.54, 1.807) is 0 Å². The van der Waals surface area contributed by atoms with Gasteiger partial charge in [0.25, 0.3) is 5.91 Å². The third-order valence-electron chi connectivity index (χ3n) is 3.70. The molecule has 1 aliphatic carbocycles. The second kappa shape index (κ2) is 6.84. The third kappa shape index (κ3) is 3.57. The molecule has 0 aromatic carbocycles. The van der Waals surface area contributed by atoms with E-state index in [1.165, 1.54) is 30.6 Å². The van der Waals surface area contributed by atoms with E-state index in [9.17, 15) is 4.79 Å². The summed E-state index contributed by atoms with van der Waals surface area (Å²) in [5.41, 5.74) is 0.878. The van der Waals surface area contributed by atoms with Crippen LogP contribution in [-0.4, -0.2) is 33.7 Å². The zero-order valence-electron chi connectivity index (χ0n) is 11.6. The van der Waals surface area contributed by atoms with Crippen molar-refractivity contribution in [3.63, 3.8) is 0 Å². The van der Waals surface area contributed by atoms with Gasteiger partial charge in [-0.1, -0.05) is 35.2 Å². The summed E-state index contributed by atoms with van der Waals surface area (Å²) in [6, 6.07) is 0.417. The van der Waals surface area contributed by atoms with Crippen LogP contribution in [0.3, 0.4) is 0 Å². The molecule has 0 spiro atoms. The Morgan fingerprint density at radius 2 is 2.05 bits per heavy atom. The van der Waals surface area contributed by atoms with Crippen LogP contribution in [-0.2, 0) is 0 Å². The van der Waals surface area contributed by atoms with Crippen molar-refractivity contribution in [1.82, 2.24) is 9.88 Å². The summed E-state index contributed by atoms with van der Waals surface area (Å²) in [6.07, 6.45) is 6.10. The molecule has 1 amide bonds. The Bertz CT molecular complexity index is 441. The van der Waals surface area contributed by atoms with E-state index in [4.69, 9.17) is 0 Å². The van der Waals surface area contributed by atoms with Crippen LogP contribution in [0.4, 0.5) is 0 Å². The number of alkyl halides is 1. The van der Waals surface area contributed by atoms with Gasteiger partial charge >= 0.3 is 0 Å². The quantitative estimate of drug-likeness (QED) is 0.775. The van der Waals surface area contributed by atoms with Gasteiger partial charge in [-0.25, -0.2) is 4.98 Å². The summed E-state index contributed by atoms with van der Waals surface area (Å²) >= 11 is 5.00. The number of halogens is 1. The van der Waals surface area contributed by atoms with Crippen molar-refractivity contribution in [2.75, 3.05) is 11.9 Å². The first-order chi connectivity index (χ1) is 9.13. The lowest BCUT2D eigenvalue weighted by molar-refractivity contribution is 0.0655. The molecule has 1 aromatic rings. The van der Waals surface area contributed by atoms with E-state index in [0.29, 0.717) is 6.04 Å². The lowest BCUT2D eigenvalue weighted by Gasteiger charge is -2.33. The minimum Gasteiger partial charge on any atom is -0.334 e. The largest absolute Gasteiger partial charge is 0.334 e. The molecule has 0 bridgehead atoms. The van der Waals surface area contributed by atoms with Crippen LogP contribution in [0.1, 0.15) is 52.5 Å². The van der Waals surface area contributed by atoms with E-state index >= 15 is 0 Å². The molecular weight excluding hydrogens is 324 g/mol. The second-order valence-corrected chi connectivity index (χ2v) is 7.12. The van der Waals surface area contributed by atoms with E-state index in [1.807, 2.05) is 13.8 Å². The van der Waals surface area contributed by atoms with Gasteiger partial charge in [-0.2, -0.15) is 0 Å². The van der Waals surface area contributed by atoms with Crippen molar-refractivity contribution >= 4 is 33.2 Å². The topological polar surface area (TPSA) is 33.2 Å². The van der Waals surface area contributed by atoms with Crippen LogP contribution in [0.15, 0.2) is 0 Å². The van der Waals surface area contributed by atoms with Gasteiger partial charge in [-0.15, -0.1) is 11.3 Å². The smallest absolute Gasteiger partial charge is 0.266 e. The summed E-state index contributed by atoms with van der Waals surface area (Å²) in [5.74, 6) is 0.175. The maximum Gasteiger partial charge on any atom is 0.266 e. The first-order valence-corrected chi connectivity index (χ1v) is 8.88. The molecule has 1 fully saturated rings. The van der Waals surface area contributed by atoms with Crippen molar-refractivity contribution in [2.24, 2.45) is 0 Å². The number of nitrogens with zero attached hydrogens (tertiary/aromatic N) is 2. The van der Waals surface area contributed by atoms with Gasteiger partial charge in [-0.3, -0.25) is 4.79 Å². The predicted octanol–water partition coefficient (Wildman–Crippen LogP) is 3.93. The zero-order chi connectivity index (χ0) is 13.8. The standard InChI is InChI=1S/C14H21BrN2OS/c1-10-13(19-11(2)16-10)14(18)17(9-8-15)12-6-4-3-5-7-12/h12H,3-9H2,1-2H3. The molecule has 2 rings (SSSR count). The van der Waals surface area contributed by atoms with Crippen LogP contribution in [0, 0.1) is 13.8 Å². The highest BCUT2D eigenvalue weighted by Crippen LogP contribution is 2.26. The molecule has 0 saturated heterocycles. The van der Waals surface area contributed by atoms with E-state index in [-0.39, 0.29) is 5.91 Å². The lowest BCUT2D eigenvalue weighted by atomic mass is 9.94. The van der Waals surface area contributed by atoms with Crippen LogP contribution in [0.25, 0.3) is 0 Å². The number of rotatable bonds is 4. The number of aromatic nitrogens is 1. The molecule has 0 atom stereocenters. The number of aryl methyl sites for hydroxylation is 2. The minimum atomic E-state index is 0.175. The number of carbonyl (C=O) groups is 1. The van der Waals surface area contributed by atoms with Gasteiger partial charge in [0.15, 0.2) is 0 Å². The maximum atomic E-state index is 12.7. The molecule has 0 N–H and O–H groups in total. The summed E-state index contributed by atoms with van der Waals surface area (Å²) < 4.78 is 0. The predicted molar refractivity (Wildman–Crippen MR) is 83.3 cm³/mol. The average Bonchev–Trinajstić information content (AvgIpc) is 2.75. The summed E-state index contributed by atoms with van der Waals surface area (Å²) in [4.78, 5) is 20.0. The molecule has 3 nitrogen and oxygen atoms in total. The molecule has 1 heterocycles. The lowest BCUT2D eigenvalue weighted by Crippen LogP contribution is -2.42. The van der Waals surface area contributed by atoms with Gasteiger partial charge in [0.2, 0.25) is 0 Å². The Kier molecular flexibility index (Phi) is 5.39. The molecule has 1 aromatic heterocycles. The van der Waals surface area contributed by atoms with E-state index in [2.05, 4.69) is 25.8 Å². The Morgan fingerprint density at radius 1 is 1.37 bits per heavy atom. The molecule has 19 heavy (non-hydrogen) atoms. The first-order valence-electron chi connectivity index (χ1n) is 6.94. The number of thiazole rings is 1. The van der Waals surface area contributed by atoms with E-state index < -0.39 is 0 Å². The fourth-order valence-electron chi connectivity index (χ4n) is 2.79. The molecule has 1 aliphatic rings. The van der Waals surface area contributed by atoms with E-state index in [0.717, 1.165) is 40.3 Å². The summed E-state index contributed by atoms with van der Waals surface area (Å²) in [7, 11) is 0. The molecule has 0 unspecified atom stereocenters. The normalized spacial score (nSPS) is 16.6. The highest BCUT2D eigenvalue weighted by molar-refractivity contribution is 9.09. The van der Waals surface area contributed by atoms with Gasteiger partial charge in [-0.05, 0) is 26.7 Å². The van der Waals surface area contributed by atoms with Crippen LogP contribution < -0.4 is 0 Å². The molecule has 1 saturated carbocycles. The maximum absolute atomic E-state index is 12.7. The first kappa shape index (κ1) is 15.0. The van der Waals surface area contributed by atoms with Gasteiger partial charge in [0.05, 0.1) is 10.7 Å². The third-order valence-corrected chi connectivity index (χ3v) is 5.12. The van der Waals surface area contributed by atoms with Gasteiger partial charge < -0.3 is 4.90 Å². The van der Waals surface area contributed by atoms with Crippen molar-refractivity contribution in [3.8, 4) is 0 Å². The van der Waals surface area contributed by atoms with Crippen LogP contribution in [0.2, 0.25) is 0 Å². The number of carbonyl (C=O) groups excluding carboxylic acids is 1. The van der Waals surface area contributed by atoms with Crippen molar-refractivity contribution in [2.45, 2.75) is 52.0 Å². The molecule has 0 radical (unpaired) electrons. The Hall–Kier alpha value is -0.420. The molecule has 0 aliphatic heterocycles. The molecular formula is C14H21BrN2OS. The highest BCUT2D eigenvalue weighted by Gasteiger charge is 2.27. The fraction of sp³-hybridized carbons (Fsp3) is 0.714. The molecule has 106 valence electrons. The average molecular weight is 345 g/mol. The van der Waals surface area contributed by atoms with Crippen molar-refractivity contribution in [1.29, 1.82) is 0 Å². The van der Waals surface area contributed by atoms with Gasteiger partial charge in [0, 0.05) is 17.9 Å². The zero-order valence-corrected chi connectivity index (χ0v) is 14.0. The monoisotopic (exact) mass is 344 g/mol. The SMILES string of the molecule is Cc1nc(C)c(C(=O)N(CCBr)C2CCCCC2)s1. The summed E-state index contributed by atoms with van der Waals surface area (Å²) in [5, 5.41) is 1.81.